The third-order valence-electron chi connectivity index (χ3n) is 3.78. The van der Waals surface area contributed by atoms with E-state index in [2.05, 4.69) is 28.1 Å². The highest BCUT2D eigenvalue weighted by molar-refractivity contribution is 9.10. The molecule has 1 aliphatic heterocycles. The average Bonchev–Trinajstić information content (AvgIpc) is 2.97. The quantitative estimate of drug-likeness (QED) is 0.796. The maximum absolute atomic E-state index is 12.3. The van der Waals surface area contributed by atoms with Crippen molar-refractivity contribution < 1.29 is 9.53 Å². The summed E-state index contributed by atoms with van der Waals surface area (Å²) in [7, 11) is 0. The molecule has 4 heteroatoms. The van der Waals surface area contributed by atoms with Crippen LogP contribution in [0.1, 0.15) is 25.3 Å². The van der Waals surface area contributed by atoms with Gasteiger partial charge in [-0.05, 0) is 37.5 Å². The fourth-order valence-electron chi connectivity index (χ4n) is 2.51. The number of carbonyl (C=O) groups excluding carboxylic acids is 1. The normalized spacial score (nSPS) is 18.2. The van der Waals surface area contributed by atoms with Gasteiger partial charge in [0.2, 0.25) is 5.91 Å². The van der Waals surface area contributed by atoms with E-state index in [1.54, 1.807) is 0 Å². The molecule has 20 heavy (non-hydrogen) atoms. The lowest BCUT2D eigenvalue weighted by atomic mass is 10.1. The molecule has 1 atom stereocenters. The topological polar surface area (TPSA) is 29.5 Å². The molecule has 1 aliphatic rings. The van der Waals surface area contributed by atoms with Gasteiger partial charge in [-0.3, -0.25) is 4.79 Å². The lowest BCUT2D eigenvalue weighted by Crippen LogP contribution is -2.35. The molecular weight excluding hydrogens is 318 g/mol. The number of nitrogens with zero attached hydrogens (tertiary/aromatic N) is 1. The molecule has 1 aromatic rings. The van der Waals surface area contributed by atoms with Gasteiger partial charge >= 0.3 is 0 Å². The van der Waals surface area contributed by atoms with Crippen LogP contribution in [-0.4, -0.2) is 37.1 Å². The van der Waals surface area contributed by atoms with Crippen LogP contribution >= 0.6 is 15.9 Å². The minimum absolute atomic E-state index is 0.252. The van der Waals surface area contributed by atoms with Gasteiger partial charge in [0.15, 0.2) is 0 Å². The first-order chi connectivity index (χ1) is 9.69. The predicted molar refractivity (Wildman–Crippen MR) is 83.6 cm³/mol. The van der Waals surface area contributed by atoms with Crippen LogP contribution in [0.25, 0.3) is 0 Å². The molecule has 3 nitrogen and oxygen atoms in total. The maximum Gasteiger partial charge on any atom is 0.222 e. The first-order valence-electron chi connectivity index (χ1n) is 7.29. The Bertz CT molecular complexity index is 427. The number of halogens is 1. The summed E-state index contributed by atoms with van der Waals surface area (Å²) >= 11 is 3.42. The largest absolute Gasteiger partial charge is 0.381 e. The standard InChI is InChI=1S/C16H22BrNO2/c1-2-18(11-14-9-10-20-12-14)16(19)8-5-13-3-6-15(17)7-4-13/h3-4,6-7,14H,2,5,8-12H2,1H3/t14-/m1/s1. The highest BCUT2D eigenvalue weighted by Gasteiger charge is 2.21. The summed E-state index contributed by atoms with van der Waals surface area (Å²) in [6, 6.07) is 8.18. The van der Waals surface area contributed by atoms with Crippen molar-refractivity contribution in [1.29, 1.82) is 0 Å². The summed E-state index contributed by atoms with van der Waals surface area (Å²) in [6.07, 6.45) is 2.48. The van der Waals surface area contributed by atoms with E-state index in [1.807, 2.05) is 24.0 Å². The summed E-state index contributed by atoms with van der Waals surface area (Å²) in [5.74, 6) is 0.772. The maximum atomic E-state index is 12.3. The van der Waals surface area contributed by atoms with Gasteiger partial charge in [-0.1, -0.05) is 28.1 Å². The molecule has 1 saturated heterocycles. The van der Waals surface area contributed by atoms with Gasteiger partial charge in [0, 0.05) is 36.5 Å². The molecule has 1 amide bonds. The van der Waals surface area contributed by atoms with Crippen LogP contribution in [0.3, 0.4) is 0 Å². The Labute approximate surface area is 129 Å². The van der Waals surface area contributed by atoms with E-state index in [0.717, 1.165) is 43.6 Å². The smallest absolute Gasteiger partial charge is 0.222 e. The summed E-state index contributed by atoms with van der Waals surface area (Å²) in [4.78, 5) is 14.2. The first-order valence-corrected chi connectivity index (χ1v) is 8.08. The van der Waals surface area contributed by atoms with Crippen LogP contribution in [0.4, 0.5) is 0 Å². The van der Waals surface area contributed by atoms with Gasteiger partial charge in [0.25, 0.3) is 0 Å². The van der Waals surface area contributed by atoms with Crippen molar-refractivity contribution in [3.05, 3.63) is 34.3 Å². The van der Waals surface area contributed by atoms with E-state index in [4.69, 9.17) is 4.74 Å². The Morgan fingerprint density at radius 3 is 2.75 bits per heavy atom. The first kappa shape index (κ1) is 15.5. The SMILES string of the molecule is CCN(C[C@H]1CCOC1)C(=O)CCc1ccc(Br)cc1. The fourth-order valence-corrected chi connectivity index (χ4v) is 2.77. The lowest BCUT2D eigenvalue weighted by molar-refractivity contribution is -0.131. The van der Waals surface area contributed by atoms with Gasteiger partial charge < -0.3 is 9.64 Å². The van der Waals surface area contributed by atoms with Crippen molar-refractivity contribution in [2.75, 3.05) is 26.3 Å². The number of rotatable bonds is 6. The van der Waals surface area contributed by atoms with Crippen LogP contribution in [0.15, 0.2) is 28.7 Å². The zero-order valence-electron chi connectivity index (χ0n) is 12.0. The van der Waals surface area contributed by atoms with Crippen LogP contribution in [0, 0.1) is 5.92 Å². The van der Waals surface area contributed by atoms with Gasteiger partial charge in [0.05, 0.1) is 6.61 Å². The van der Waals surface area contributed by atoms with Crippen molar-refractivity contribution >= 4 is 21.8 Å². The van der Waals surface area contributed by atoms with Crippen LogP contribution < -0.4 is 0 Å². The molecular formula is C16H22BrNO2. The molecule has 1 heterocycles. The van der Waals surface area contributed by atoms with Gasteiger partial charge in [-0.2, -0.15) is 0 Å². The van der Waals surface area contributed by atoms with E-state index >= 15 is 0 Å². The molecule has 0 saturated carbocycles. The number of hydrogen-bond acceptors (Lipinski definition) is 2. The monoisotopic (exact) mass is 339 g/mol. The fraction of sp³-hybridized carbons (Fsp3) is 0.562. The van der Waals surface area contributed by atoms with Crippen LogP contribution in [0.2, 0.25) is 0 Å². The zero-order chi connectivity index (χ0) is 14.4. The minimum atomic E-state index is 0.252. The second-order valence-corrected chi connectivity index (χ2v) is 6.20. The third-order valence-corrected chi connectivity index (χ3v) is 4.31. The number of ether oxygens (including phenoxy) is 1. The highest BCUT2D eigenvalue weighted by atomic mass is 79.9. The minimum Gasteiger partial charge on any atom is -0.381 e. The second-order valence-electron chi connectivity index (χ2n) is 5.29. The van der Waals surface area contributed by atoms with E-state index in [1.165, 1.54) is 5.56 Å². The van der Waals surface area contributed by atoms with Crippen molar-refractivity contribution in [3.8, 4) is 0 Å². The Kier molecular flexibility index (Phi) is 6.05. The van der Waals surface area contributed by atoms with Crippen LogP contribution in [-0.2, 0) is 16.0 Å². The molecule has 1 aromatic carbocycles. The number of carbonyl (C=O) groups is 1. The Morgan fingerprint density at radius 2 is 2.15 bits per heavy atom. The molecule has 0 N–H and O–H groups in total. The van der Waals surface area contributed by atoms with E-state index < -0.39 is 0 Å². The van der Waals surface area contributed by atoms with Gasteiger partial charge in [-0.15, -0.1) is 0 Å². The molecule has 2 rings (SSSR count). The Hall–Kier alpha value is -0.870. The number of benzene rings is 1. The molecule has 0 bridgehead atoms. The van der Waals surface area contributed by atoms with Crippen molar-refractivity contribution in [2.45, 2.75) is 26.2 Å². The Morgan fingerprint density at radius 1 is 1.40 bits per heavy atom. The number of amides is 1. The molecule has 0 spiro atoms. The zero-order valence-corrected chi connectivity index (χ0v) is 13.6. The summed E-state index contributed by atoms with van der Waals surface area (Å²) < 4.78 is 6.45. The van der Waals surface area contributed by atoms with Crippen LogP contribution in [0.5, 0.6) is 0 Å². The third kappa shape index (κ3) is 4.60. The van der Waals surface area contributed by atoms with Crippen molar-refractivity contribution in [3.63, 3.8) is 0 Å². The Balaban J connectivity index is 1.80. The second kappa shape index (κ2) is 7.79. The number of hydrogen-bond donors (Lipinski definition) is 0. The average molecular weight is 340 g/mol. The molecule has 1 fully saturated rings. The number of aryl methyl sites for hydroxylation is 1. The summed E-state index contributed by atoms with van der Waals surface area (Å²) in [5.41, 5.74) is 1.21. The summed E-state index contributed by atoms with van der Waals surface area (Å²) in [6.45, 7) is 5.32. The molecule has 0 radical (unpaired) electrons. The molecule has 110 valence electrons. The van der Waals surface area contributed by atoms with E-state index in [0.29, 0.717) is 12.3 Å². The highest BCUT2D eigenvalue weighted by Crippen LogP contribution is 2.16. The van der Waals surface area contributed by atoms with E-state index in [-0.39, 0.29) is 5.91 Å². The van der Waals surface area contributed by atoms with Crippen molar-refractivity contribution in [1.82, 2.24) is 4.90 Å². The van der Waals surface area contributed by atoms with Gasteiger partial charge in [-0.25, -0.2) is 0 Å². The lowest BCUT2D eigenvalue weighted by Gasteiger charge is -2.23. The molecule has 0 aromatic heterocycles. The predicted octanol–water partition coefficient (Wildman–Crippen LogP) is 3.27. The summed E-state index contributed by atoms with van der Waals surface area (Å²) in [5, 5.41) is 0. The van der Waals surface area contributed by atoms with E-state index in [9.17, 15) is 4.79 Å². The van der Waals surface area contributed by atoms with Gasteiger partial charge in [0.1, 0.15) is 0 Å². The molecule has 0 aliphatic carbocycles. The van der Waals surface area contributed by atoms with Crippen molar-refractivity contribution in [2.24, 2.45) is 5.92 Å². The molecule has 0 unspecified atom stereocenters.